The number of hydrogen-bond donors (Lipinski definition) is 0. The molecule has 1 saturated heterocycles. The van der Waals surface area contributed by atoms with Crippen LogP contribution in [0.5, 0.6) is 0 Å². The normalized spacial score (nSPS) is 24.3. The Morgan fingerprint density at radius 3 is 1.86 bits per heavy atom. The number of esters is 2. The molecule has 318 valence electrons. The van der Waals surface area contributed by atoms with Crippen molar-refractivity contribution in [1.82, 2.24) is 4.90 Å². The van der Waals surface area contributed by atoms with Crippen LogP contribution in [-0.4, -0.2) is 49.2 Å². The molecule has 0 N–H and O–H groups in total. The lowest BCUT2D eigenvalue weighted by Gasteiger charge is -2.57. The number of piperidine rings is 1. The number of likely N-dealkylation sites (tertiary alicyclic amines) is 1. The molecular formula is C49H75NO7. The summed E-state index contributed by atoms with van der Waals surface area (Å²) in [6, 6.07) is 5.70. The number of carbonyl (C=O) groups is 3. The fourth-order valence-corrected chi connectivity index (χ4v) is 10.5. The molecule has 1 unspecified atom stereocenters. The van der Waals surface area contributed by atoms with E-state index in [0.29, 0.717) is 30.8 Å². The van der Waals surface area contributed by atoms with Crippen LogP contribution in [-0.2, 0) is 48.4 Å². The summed E-state index contributed by atoms with van der Waals surface area (Å²) < 4.78 is 22.5. The fraction of sp³-hybridized carbons (Fsp3) is 0.735. The third-order valence-corrected chi connectivity index (χ3v) is 13.1. The van der Waals surface area contributed by atoms with Crippen LogP contribution in [0.2, 0.25) is 0 Å². The maximum absolute atomic E-state index is 13.0. The minimum Gasteiger partial charge on any atom is -0.461 e. The predicted molar refractivity (Wildman–Crippen MR) is 226 cm³/mol. The van der Waals surface area contributed by atoms with E-state index in [1.54, 1.807) is 0 Å². The monoisotopic (exact) mass is 790 g/mol. The third-order valence-electron chi connectivity index (χ3n) is 13.1. The van der Waals surface area contributed by atoms with Crippen LogP contribution in [0.15, 0.2) is 42.5 Å². The lowest BCUT2D eigenvalue weighted by Crippen LogP contribution is -2.46. The molecular weight excluding hydrogens is 715 g/mol. The van der Waals surface area contributed by atoms with Gasteiger partial charge in [-0.3, -0.25) is 9.59 Å². The Balaban J connectivity index is 1.02. The van der Waals surface area contributed by atoms with Gasteiger partial charge in [-0.05, 0) is 167 Å². The molecule has 4 bridgehead atoms. The minimum atomic E-state index is -0.685. The summed E-state index contributed by atoms with van der Waals surface area (Å²) in [7, 11) is 0. The molecule has 0 spiro atoms. The summed E-state index contributed by atoms with van der Waals surface area (Å²) in [6.07, 6.45) is 32.9. The second-order valence-electron chi connectivity index (χ2n) is 18.1. The Bertz CT molecular complexity index is 1400. The van der Waals surface area contributed by atoms with Crippen molar-refractivity contribution in [2.45, 2.75) is 175 Å². The average Bonchev–Trinajstić information content (AvgIpc) is 3.21. The van der Waals surface area contributed by atoms with Gasteiger partial charge in [-0.15, -0.1) is 0 Å². The summed E-state index contributed by atoms with van der Waals surface area (Å²) in [4.78, 5) is 40.7. The van der Waals surface area contributed by atoms with Gasteiger partial charge in [-0.1, -0.05) is 70.3 Å². The number of ether oxygens (including phenoxy) is 4. The Morgan fingerprint density at radius 2 is 1.25 bits per heavy atom. The molecule has 4 aliphatic carbocycles. The van der Waals surface area contributed by atoms with Gasteiger partial charge < -0.3 is 23.8 Å². The Hall–Kier alpha value is -3.13. The number of rotatable bonds is 26. The van der Waals surface area contributed by atoms with E-state index in [-0.39, 0.29) is 31.8 Å². The van der Waals surface area contributed by atoms with E-state index < -0.39 is 6.16 Å². The third kappa shape index (κ3) is 16.6. The fourth-order valence-electron chi connectivity index (χ4n) is 10.5. The van der Waals surface area contributed by atoms with Crippen molar-refractivity contribution in [2.24, 2.45) is 29.1 Å². The van der Waals surface area contributed by atoms with E-state index >= 15 is 0 Å². The molecule has 4 saturated carbocycles. The molecule has 5 aliphatic rings. The van der Waals surface area contributed by atoms with E-state index in [4.69, 9.17) is 18.9 Å². The number of benzene rings is 1. The molecule has 1 atom stereocenters. The SMILES string of the molecule is CCCCC/C=C\C/C=C\CCCCCCCC(=O)OCc1cc(COC(=O)CCC23CC4CC(CC(C4)C2)C3)cc(COC(=O)OCC2CCCN(CC)C2)c1. The van der Waals surface area contributed by atoms with Crippen molar-refractivity contribution in [2.75, 3.05) is 26.2 Å². The maximum Gasteiger partial charge on any atom is 0.508 e. The largest absolute Gasteiger partial charge is 0.508 e. The van der Waals surface area contributed by atoms with Crippen molar-refractivity contribution in [3.05, 3.63) is 59.2 Å². The number of hydrogen-bond acceptors (Lipinski definition) is 8. The van der Waals surface area contributed by atoms with Crippen molar-refractivity contribution in [3.63, 3.8) is 0 Å². The van der Waals surface area contributed by atoms with Gasteiger partial charge in [0.1, 0.15) is 19.8 Å². The van der Waals surface area contributed by atoms with Gasteiger partial charge in [-0.25, -0.2) is 4.79 Å². The molecule has 5 fully saturated rings. The van der Waals surface area contributed by atoms with Crippen LogP contribution in [0.1, 0.15) is 172 Å². The zero-order valence-corrected chi connectivity index (χ0v) is 35.7. The molecule has 1 aliphatic heterocycles. The first-order valence-electron chi connectivity index (χ1n) is 23.1. The first kappa shape index (κ1) is 45.0. The number of allylic oxidation sites excluding steroid dienone is 4. The van der Waals surface area contributed by atoms with Crippen LogP contribution in [0, 0.1) is 29.1 Å². The van der Waals surface area contributed by atoms with Gasteiger partial charge in [-0.2, -0.15) is 0 Å². The summed E-state index contributed by atoms with van der Waals surface area (Å²) in [5, 5.41) is 0. The summed E-state index contributed by atoms with van der Waals surface area (Å²) >= 11 is 0. The van der Waals surface area contributed by atoms with E-state index in [2.05, 4.69) is 43.1 Å². The van der Waals surface area contributed by atoms with Crippen LogP contribution in [0.3, 0.4) is 0 Å². The molecule has 8 heteroatoms. The molecule has 1 heterocycles. The van der Waals surface area contributed by atoms with Gasteiger partial charge >= 0.3 is 18.1 Å². The predicted octanol–water partition coefficient (Wildman–Crippen LogP) is 12.0. The topological polar surface area (TPSA) is 91.4 Å². The first-order valence-corrected chi connectivity index (χ1v) is 23.1. The summed E-state index contributed by atoms with van der Waals surface area (Å²) in [6.45, 7) is 8.04. The first-order chi connectivity index (χ1) is 27.8. The zero-order valence-electron chi connectivity index (χ0n) is 35.7. The molecule has 1 aromatic rings. The van der Waals surface area contributed by atoms with Crippen molar-refractivity contribution < 1.29 is 33.3 Å². The molecule has 6 rings (SSSR count). The summed E-state index contributed by atoms with van der Waals surface area (Å²) in [5.41, 5.74) is 2.64. The van der Waals surface area contributed by atoms with E-state index in [1.807, 2.05) is 18.2 Å². The summed E-state index contributed by atoms with van der Waals surface area (Å²) in [5.74, 6) is 2.53. The molecule has 1 aromatic carbocycles. The van der Waals surface area contributed by atoms with Gasteiger partial charge in [0.25, 0.3) is 0 Å². The van der Waals surface area contributed by atoms with E-state index in [1.165, 1.54) is 77.0 Å². The second kappa shape index (κ2) is 24.7. The van der Waals surface area contributed by atoms with E-state index in [0.717, 1.165) is 105 Å². The van der Waals surface area contributed by atoms with E-state index in [9.17, 15) is 14.4 Å². The molecule has 8 nitrogen and oxygen atoms in total. The van der Waals surface area contributed by atoms with Crippen molar-refractivity contribution in [3.8, 4) is 0 Å². The Labute approximate surface area is 344 Å². The van der Waals surface area contributed by atoms with Crippen LogP contribution in [0.25, 0.3) is 0 Å². The minimum absolute atomic E-state index is 0.0191. The van der Waals surface area contributed by atoms with Crippen molar-refractivity contribution >= 4 is 18.1 Å². The quantitative estimate of drug-likeness (QED) is 0.0397. The molecule has 0 aromatic heterocycles. The van der Waals surface area contributed by atoms with Crippen LogP contribution >= 0.6 is 0 Å². The van der Waals surface area contributed by atoms with Crippen molar-refractivity contribution in [1.29, 1.82) is 0 Å². The Kier molecular flexibility index (Phi) is 19.5. The molecule has 57 heavy (non-hydrogen) atoms. The Morgan fingerprint density at radius 1 is 0.684 bits per heavy atom. The van der Waals surface area contributed by atoms with Gasteiger partial charge in [0.15, 0.2) is 0 Å². The highest BCUT2D eigenvalue weighted by atomic mass is 16.7. The van der Waals surface area contributed by atoms with Crippen LogP contribution in [0.4, 0.5) is 4.79 Å². The van der Waals surface area contributed by atoms with Crippen LogP contribution < -0.4 is 0 Å². The smallest absolute Gasteiger partial charge is 0.461 e. The second-order valence-corrected chi connectivity index (χ2v) is 18.1. The molecule has 0 amide bonds. The standard InChI is InChI=1S/C49H75NO7/c1-3-5-6-7-8-9-10-11-12-13-14-15-16-17-18-21-46(51)54-36-43-28-44(30-45(29-43)38-57-48(53)56-35-39-20-19-24-50(4-2)34-39)37-55-47(52)22-23-49-31-40-25-41(32-49)27-42(26-40)33-49/h8-9,11-12,28-30,39-42H,3-7,10,13-27,31-38H2,1-2H3/b9-8-,12-11-. The number of carbonyl (C=O) groups excluding carboxylic acids is 3. The van der Waals surface area contributed by atoms with Gasteiger partial charge in [0.05, 0.1) is 6.61 Å². The number of nitrogens with zero attached hydrogens (tertiary/aromatic N) is 1. The zero-order chi connectivity index (χ0) is 40.1. The highest BCUT2D eigenvalue weighted by molar-refractivity contribution is 5.70. The molecule has 0 radical (unpaired) electrons. The lowest BCUT2D eigenvalue weighted by atomic mass is 9.48. The lowest BCUT2D eigenvalue weighted by molar-refractivity contribution is -0.147. The van der Waals surface area contributed by atoms with Gasteiger partial charge in [0, 0.05) is 25.3 Å². The van der Waals surface area contributed by atoms with Gasteiger partial charge in [0.2, 0.25) is 0 Å². The number of unbranched alkanes of at least 4 members (excludes halogenated alkanes) is 8. The average molecular weight is 790 g/mol. The highest BCUT2D eigenvalue weighted by Gasteiger charge is 2.50. The maximum atomic E-state index is 13.0. The highest BCUT2D eigenvalue weighted by Crippen LogP contribution is 2.61.